The van der Waals surface area contributed by atoms with Gasteiger partial charge in [-0.2, -0.15) is 5.10 Å². The monoisotopic (exact) mass is 257 g/mol. The Morgan fingerprint density at radius 3 is 2.74 bits per heavy atom. The second kappa shape index (κ2) is 5.45. The van der Waals surface area contributed by atoms with E-state index < -0.39 is 0 Å². The molecule has 0 aliphatic heterocycles. The standard InChI is InChI=1S/C15H19N3O/c1-19-15-4-2-12(3-5-15)13-6-14(7-13)16-8-11-9-17-18-10-11/h2-5,9-10,13-14,16H,6-8H2,1H3,(H,17,18). The second-order valence-corrected chi connectivity index (χ2v) is 5.13. The lowest BCUT2D eigenvalue weighted by Crippen LogP contribution is -2.39. The van der Waals surface area contributed by atoms with Crippen LogP contribution < -0.4 is 10.1 Å². The normalized spacial score (nSPS) is 21.9. The van der Waals surface area contributed by atoms with E-state index in [0.717, 1.165) is 12.3 Å². The number of methoxy groups -OCH3 is 1. The lowest BCUT2D eigenvalue weighted by Gasteiger charge is -2.36. The summed E-state index contributed by atoms with van der Waals surface area (Å²) < 4.78 is 5.18. The minimum atomic E-state index is 0.627. The summed E-state index contributed by atoms with van der Waals surface area (Å²) in [4.78, 5) is 0. The van der Waals surface area contributed by atoms with Gasteiger partial charge in [-0.05, 0) is 36.5 Å². The van der Waals surface area contributed by atoms with Gasteiger partial charge in [-0.1, -0.05) is 12.1 Å². The summed E-state index contributed by atoms with van der Waals surface area (Å²) in [5, 5.41) is 10.3. The maximum absolute atomic E-state index is 5.18. The van der Waals surface area contributed by atoms with E-state index in [2.05, 4.69) is 27.6 Å². The van der Waals surface area contributed by atoms with Crippen LogP contribution in [0, 0.1) is 0 Å². The van der Waals surface area contributed by atoms with E-state index in [1.54, 1.807) is 7.11 Å². The maximum Gasteiger partial charge on any atom is 0.118 e. The van der Waals surface area contributed by atoms with E-state index in [9.17, 15) is 0 Å². The van der Waals surface area contributed by atoms with Gasteiger partial charge in [0.25, 0.3) is 0 Å². The molecule has 0 bridgehead atoms. The molecule has 2 aromatic rings. The zero-order valence-electron chi connectivity index (χ0n) is 11.1. The Balaban J connectivity index is 1.46. The number of hydrogen-bond donors (Lipinski definition) is 2. The highest BCUT2D eigenvalue weighted by Crippen LogP contribution is 2.37. The molecular weight excluding hydrogens is 238 g/mol. The van der Waals surface area contributed by atoms with E-state index in [1.807, 2.05) is 24.5 Å². The molecule has 0 unspecified atom stereocenters. The van der Waals surface area contributed by atoms with Crippen molar-refractivity contribution < 1.29 is 4.74 Å². The first-order chi connectivity index (χ1) is 9.35. The van der Waals surface area contributed by atoms with Crippen molar-refractivity contribution in [3.8, 4) is 5.75 Å². The fourth-order valence-corrected chi connectivity index (χ4v) is 2.57. The smallest absolute Gasteiger partial charge is 0.118 e. The predicted molar refractivity (Wildman–Crippen MR) is 74.2 cm³/mol. The topological polar surface area (TPSA) is 49.9 Å². The molecule has 1 aromatic heterocycles. The van der Waals surface area contributed by atoms with Gasteiger partial charge in [0, 0.05) is 24.3 Å². The van der Waals surface area contributed by atoms with Gasteiger partial charge in [-0.25, -0.2) is 0 Å². The number of benzene rings is 1. The van der Waals surface area contributed by atoms with Crippen molar-refractivity contribution in [3.05, 3.63) is 47.8 Å². The Kier molecular flexibility index (Phi) is 3.51. The van der Waals surface area contributed by atoms with Crippen LogP contribution >= 0.6 is 0 Å². The Labute approximate surface area is 113 Å². The van der Waals surface area contributed by atoms with Crippen LogP contribution in [0.3, 0.4) is 0 Å². The quantitative estimate of drug-likeness (QED) is 0.865. The van der Waals surface area contributed by atoms with E-state index in [4.69, 9.17) is 4.74 Å². The first-order valence-corrected chi connectivity index (χ1v) is 6.70. The molecule has 1 fully saturated rings. The Bertz CT molecular complexity index is 501. The molecule has 0 saturated heterocycles. The zero-order valence-corrected chi connectivity index (χ0v) is 11.1. The summed E-state index contributed by atoms with van der Waals surface area (Å²) in [6.07, 6.45) is 6.23. The average Bonchev–Trinajstić information content (AvgIpc) is 2.91. The lowest BCUT2D eigenvalue weighted by molar-refractivity contribution is 0.289. The first-order valence-electron chi connectivity index (χ1n) is 6.70. The van der Waals surface area contributed by atoms with Crippen molar-refractivity contribution in [1.29, 1.82) is 0 Å². The van der Waals surface area contributed by atoms with Gasteiger partial charge in [0.1, 0.15) is 5.75 Å². The average molecular weight is 257 g/mol. The third-order valence-corrected chi connectivity index (χ3v) is 3.87. The molecule has 0 spiro atoms. The van der Waals surface area contributed by atoms with Crippen LogP contribution in [0.5, 0.6) is 5.75 Å². The highest BCUT2D eigenvalue weighted by atomic mass is 16.5. The van der Waals surface area contributed by atoms with Crippen molar-refractivity contribution in [1.82, 2.24) is 15.5 Å². The van der Waals surface area contributed by atoms with E-state index in [-0.39, 0.29) is 0 Å². The van der Waals surface area contributed by atoms with Crippen LogP contribution in [0.15, 0.2) is 36.7 Å². The Hall–Kier alpha value is -1.81. The van der Waals surface area contributed by atoms with Gasteiger partial charge in [0.15, 0.2) is 0 Å². The predicted octanol–water partition coefficient (Wildman–Crippen LogP) is 2.45. The summed E-state index contributed by atoms with van der Waals surface area (Å²) in [6, 6.07) is 9.07. The number of nitrogens with one attached hydrogen (secondary N) is 2. The van der Waals surface area contributed by atoms with Crippen molar-refractivity contribution in [3.63, 3.8) is 0 Å². The van der Waals surface area contributed by atoms with Gasteiger partial charge in [-0.15, -0.1) is 0 Å². The van der Waals surface area contributed by atoms with E-state index >= 15 is 0 Å². The number of ether oxygens (including phenoxy) is 1. The molecule has 2 N–H and O–H groups in total. The lowest BCUT2D eigenvalue weighted by atomic mass is 9.76. The van der Waals surface area contributed by atoms with Crippen molar-refractivity contribution in [2.75, 3.05) is 7.11 Å². The molecule has 0 amide bonds. The number of rotatable bonds is 5. The minimum Gasteiger partial charge on any atom is -0.497 e. The molecular formula is C15H19N3O. The number of H-pyrrole nitrogens is 1. The Morgan fingerprint density at radius 1 is 1.32 bits per heavy atom. The van der Waals surface area contributed by atoms with Gasteiger partial charge >= 0.3 is 0 Å². The molecule has 0 radical (unpaired) electrons. The van der Waals surface area contributed by atoms with Crippen LogP contribution in [0.2, 0.25) is 0 Å². The summed E-state index contributed by atoms with van der Waals surface area (Å²) >= 11 is 0. The molecule has 4 nitrogen and oxygen atoms in total. The van der Waals surface area contributed by atoms with Crippen LogP contribution in [0.4, 0.5) is 0 Å². The number of nitrogens with zero attached hydrogens (tertiary/aromatic N) is 1. The highest BCUT2D eigenvalue weighted by Gasteiger charge is 2.29. The van der Waals surface area contributed by atoms with Gasteiger partial charge in [-0.3, -0.25) is 5.10 Å². The molecule has 3 rings (SSSR count). The van der Waals surface area contributed by atoms with E-state index in [1.165, 1.54) is 24.0 Å². The number of hydrogen-bond acceptors (Lipinski definition) is 3. The van der Waals surface area contributed by atoms with Crippen molar-refractivity contribution >= 4 is 0 Å². The second-order valence-electron chi connectivity index (χ2n) is 5.13. The largest absolute Gasteiger partial charge is 0.497 e. The summed E-state index contributed by atoms with van der Waals surface area (Å²) in [6.45, 7) is 0.899. The first kappa shape index (κ1) is 12.2. The molecule has 1 aromatic carbocycles. The van der Waals surface area contributed by atoms with Crippen molar-refractivity contribution in [2.24, 2.45) is 0 Å². The van der Waals surface area contributed by atoms with Crippen LogP contribution in [-0.4, -0.2) is 23.3 Å². The number of aromatic nitrogens is 2. The SMILES string of the molecule is COc1ccc(C2CC(NCc3cn[nH]c3)C2)cc1. The van der Waals surface area contributed by atoms with Gasteiger partial charge in [0.2, 0.25) is 0 Å². The van der Waals surface area contributed by atoms with Gasteiger partial charge < -0.3 is 10.1 Å². The molecule has 1 aliphatic rings. The molecule has 1 saturated carbocycles. The summed E-state index contributed by atoms with van der Waals surface area (Å²) in [5.41, 5.74) is 2.63. The van der Waals surface area contributed by atoms with Crippen LogP contribution in [0.25, 0.3) is 0 Å². The van der Waals surface area contributed by atoms with Gasteiger partial charge in [0.05, 0.1) is 13.3 Å². The molecule has 4 heteroatoms. The summed E-state index contributed by atoms with van der Waals surface area (Å²) in [5.74, 6) is 1.62. The molecule has 0 atom stereocenters. The highest BCUT2D eigenvalue weighted by molar-refractivity contribution is 5.30. The fourth-order valence-electron chi connectivity index (χ4n) is 2.57. The third-order valence-electron chi connectivity index (χ3n) is 3.87. The summed E-state index contributed by atoms with van der Waals surface area (Å²) in [7, 11) is 1.70. The minimum absolute atomic E-state index is 0.627. The number of aromatic amines is 1. The van der Waals surface area contributed by atoms with Crippen LogP contribution in [0.1, 0.15) is 29.9 Å². The Morgan fingerprint density at radius 2 is 2.11 bits per heavy atom. The molecule has 1 heterocycles. The van der Waals surface area contributed by atoms with Crippen LogP contribution in [-0.2, 0) is 6.54 Å². The van der Waals surface area contributed by atoms with E-state index in [0.29, 0.717) is 12.0 Å². The van der Waals surface area contributed by atoms with Crippen molar-refractivity contribution in [2.45, 2.75) is 31.3 Å². The maximum atomic E-state index is 5.18. The molecule has 19 heavy (non-hydrogen) atoms. The zero-order chi connectivity index (χ0) is 13.1. The molecule has 1 aliphatic carbocycles. The third kappa shape index (κ3) is 2.79. The fraction of sp³-hybridized carbons (Fsp3) is 0.400. The molecule has 100 valence electrons.